The number of rotatable bonds is 4. The molecular formula is C25H25N5O3. The van der Waals surface area contributed by atoms with Crippen LogP contribution in [-0.4, -0.2) is 26.6 Å². The lowest BCUT2D eigenvalue weighted by molar-refractivity contribution is 0.0844. The van der Waals surface area contributed by atoms with E-state index in [0.717, 1.165) is 36.6 Å². The van der Waals surface area contributed by atoms with Crippen molar-refractivity contribution >= 4 is 33.5 Å². The molecule has 0 saturated carbocycles. The summed E-state index contributed by atoms with van der Waals surface area (Å²) in [6, 6.07) is 12.5. The molecule has 8 heteroatoms. The summed E-state index contributed by atoms with van der Waals surface area (Å²) in [6.07, 6.45) is 4.97. The number of benzene rings is 2. The Bertz CT molecular complexity index is 1450. The van der Waals surface area contributed by atoms with Gasteiger partial charge in [-0.3, -0.25) is 25.2 Å². The van der Waals surface area contributed by atoms with Crippen LogP contribution in [0.4, 0.5) is 0 Å². The summed E-state index contributed by atoms with van der Waals surface area (Å²) < 4.78 is 1.29. The van der Waals surface area contributed by atoms with Crippen LogP contribution in [-0.2, 0) is 19.4 Å². The van der Waals surface area contributed by atoms with Gasteiger partial charge < -0.3 is 4.98 Å². The van der Waals surface area contributed by atoms with Gasteiger partial charge in [-0.2, -0.15) is 5.10 Å². The Balaban J connectivity index is 1.43. The number of H-pyrrole nitrogens is 1. The third kappa shape index (κ3) is 3.67. The van der Waals surface area contributed by atoms with Crippen LogP contribution in [0.15, 0.2) is 47.3 Å². The highest BCUT2D eigenvalue weighted by Crippen LogP contribution is 2.30. The van der Waals surface area contributed by atoms with Crippen molar-refractivity contribution in [1.29, 1.82) is 0 Å². The van der Waals surface area contributed by atoms with Gasteiger partial charge in [0.25, 0.3) is 17.4 Å². The van der Waals surface area contributed by atoms with Gasteiger partial charge in [-0.15, -0.1) is 0 Å². The predicted octanol–water partition coefficient (Wildman–Crippen LogP) is 3.24. The Kier molecular flexibility index (Phi) is 5.42. The molecule has 2 amide bonds. The van der Waals surface area contributed by atoms with E-state index in [2.05, 4.69) is 20.9 Å². The van der Waals surface area contributed by atoms with Gasteiger partial charge in [-0.1, -0.05) is 37.3 Å². The molecule has 0 fully saturated rings. The standard InChI is InChI=1S/C25H25N5O3/c1-2-14-30-25(33)18-10-4-3-9-17(18)22(29-30)24(32)28-27-23(31)19-12-7-11-16-15-8-5-6-13-20(15)26-21(16)19/h3-4,7,9-12,26H,2,5-6,8,13-14H2,1H3,(H,27,31)(H,28,32). The number of para-hydroxylation sites is 1. The third-order valence-electron chi connectivity index (χ3n) is 6.19. The molecule has 5 rings (SSSR count). The molecule has 0 bridgehead atoms. The number of nitrogens with one attached hydrogen (secondary N) is 3. The van der Waals surface area contributed by atoms with Crippen molar-refractivity contribution in [2.24, 2.45) is 0 Å². The number of hydrogen-bond acceptors (Lipinski definition) is 4. The smallest absolute Gasteiger partial charge is 0.290 e. The first-order valence-electron chi connectivity index (χ1n) is 11.3. The van der Waals surface area contributed by atoms with Crippen molar-refractivity contribution in [2.75, 3.05) is 0 Å². The summed E-state index contributed by atoms with van der Waals surface area (Å²) >= 11 is 0. The number of hydrazine groups is 1. The first-order valence-corrected chi connectivity index (χ1v) is 11.3. The summed E-state index contributed by atoms with van der Waals surface area (Å²) in [5, 5.41) is 6.19. The molecule has 1 aliphatic rings. The van der Waals surface area contributed by atoms with Crippen LogP contribution in [0.3, 0.4) is 0 Å². The van der Waals surface area contributed by atoms with Gasteiger partial charge >= 0.3 is 0 Å². The largest absolute Gasteiger partial charge is 0.358 e. The minimum atomic E-state index is -0.581. The number of nitrogens with zero attached hydrogens (tertiary/aromatic N) is 2. The van der Waals surface area contributed by atoms with Gasteiger partial charge in [0.2, 0.25) is 0 Å². The second kappa shape index (κ2) is 8.54. The zero-order chi connectivity index (χ0) is 22.9. The van der Waals surface area contributed by atoms with Crippen molar-refractivity contribution in [1.82, 2.24) is 25.6 Å². The number of hydrogen-bond donors (Lipinski definition) is 3. The van der Waals surface area contributed by atoms with E-state index in [1.54, 1.807) is 30.3 Å². The predicted molar refractivity (Wildman–Crippen MR) is 126 cm³/mol. The van der Waals surface area contributed by atoms with Crippen LogP contribution in [0.25, 0.3) is 21.7 Å². The van der Waals surface area contributed by atoms with E-state index in [1.807, 2.05) is 19.1 Å². The van der Waals surface area contributed by atoms with Crippen LogP contribution in [0.5, 0.6) is 0 Å². The van der Waals surface area contributed by atoms with Crippen LogP contribution >= 0.6 is 0 Å². The zero-order valence-corrected chi connectivity index (χ0v) is 18.4. The van der Waals surface area contributed by atoms with Gasteiger partial charge in [-0.25, -0.2) is 4.68 Å². The maximum atomic E-state index is 13.0. The summed E-state index contributed by atoms with van der Waals surface area (Å²) in [5.41, 5.74) is 8.57. The molecule has 0 saturated heterocycles. The SMILES string of the molecule is CCCn1nc(C(=O)NNC(=O)c2cccc3c4c([nH]c23)CCCC4)c2ccccc2c1=O. The molecule has 1 aliphatic carbocycles. The van der Waals surface area contributed by atoms with Gasteiger partial charge in [0.05, 0.1) is 16.5 Å². The van der Waals surface area contributed by atoms with Crippen LogP contribution in [0, 0.1) is 0 Å². The number of carbonyl (C=O) groups is 2. The maximum Gasteiger partial charge on any atom is 0.290 e. The second-order valence-electron chi connectivity index (χ2n) is 8.35. The maximum absolute atomic E-state index is 13.0. The minimum absolute atomic E-state index is 0.0903. The summed E-state index contributed by atoms with van der Waals surface area (Å²) in [5.74, 6) is -0.999. The van der Waals surface area contributed by atoms with Crippen LogP contribution in [0.1, 0.15) is 58.3 Å². The molecule has 2 heterocycles. The molecule has 2 aromatic carbocycles. The van der Waals surface area contributed by atoms with Crippen molar-refractivity contribution < 1.29 is 9.59 Å². The molecule has 0 atom stereocenters. The zero-order valence-electron chi connectivity index (χ0n) is 18.4. The lowest BCUT2D eigenvalue weighted by Crippen LogP contribution is -2.43. The van der Waals surface area contributed by atoms with Crippen LogP contribution < -0.4 is 16.4 Å². The monoisotopic (exact) mass is 443 g/mol. The highest BCUT2D eigenvalue weighted by molar-refractivity contribution is 6.09. The molecule has 0 unspecified atom stereocenters. The second-order valence-corrected chi connectivity index (χ2v) is 8.35. The van der Waals surface area contributed by atoms with E-state index < -0.39 is 11.8 Å². The topological polar surface area (TPSA) is 109 Å². The molecule has 3 N–H and O–H groups in total. The fourth-order valence-corrected chi connectivity index (χ4v) is 4.63. The van der Waals surface area contributed by atoms with Gasteiger partial charge in [0.15, 0.2) is 5.69 Å². The Morgan fingerprint density at radius 2 is 1.70 bits per heavy atom. The van der Waals surface area contributed by atoms with E-state index in [9.17, 15) is 14.4 Å². The Labute approximate surface area is 190 Å². The van der Waals surface area contributed by atoms with Crippen molar-refractivity contribution in [3.63, 3.8) is 0 Å². The number of aryl methyl sites for hydroxylation is 3. The summed E-state index contributed by atoms with van der Waals surface area (Å²) in [4.78, 5) is 42.0. The number of aromatic amines is 1. The molecular weight excluding hydrogens is 418 g/mol. The van der Waals surface area contributed by atoms with Crippen molar-refractivity contribution in [3.8, 4) is 0 Å². The fourth-order valence-electron chi connectivity index (χ4n) is 4.63. The Morgan fingerprint density at radius 3 is 2.52 bits per heavy atom. The fraction of sp³-hybridized carbons (Fsp3) is 0.280. The summed E-state index contributed by atoms with van der Waals surface area (Å²) in [7, 11) is 0. The molecule has 0 spiro atoms. The highest BCUT2D eigenvalue weighted by Gasteiger charge is 2.21. The molecule has 33 heavy (non-hydrogen) atoms. The van der Waals surface area contributed by atoms with Crippen LogP contribution in [0.2, 0.25) is 0 Å². The number of amides is 2. The molecule has 0 aliphatic heterocycles. The molecule has 8 nitrogen and oxygen atoms in total. The Hall–Kier alpha value is -3.94. The van der Waals surface area contributed by atoms with E-state index in [4.69, 9.17) is 0 Å². The average Bonchev–Trinajstić information content (AvgIpc) is 3.23. The first kappa shape index (κ1) is 20.9. The third-order valence-corrected chi connectivity index (χ3v) is 6.19. The average molecular weight is 444 g/mol. The number of fused-ring (bicyclic) bond motifs is 4. The summed E-state index contributed by atoms with van der Waals surface area (Å²) in [6.45, 7) is 2.33. The lowest BCUT2D eigenvalue weighted by Gasteiger charge is -2.12. The molecule has 0 radical (unpaired) electrons. The molecule has 168 valence electrons. The quantitative estimate of drug-likeness (QED) is 0.421. The van der Waals surface area contributed by atoms with Crippen molar-refractivity contribution in [2.45, 2.75) is 45.6 Å². The molecule has 2 aromatic heterocycles. The van der Waals surface area contributed by atoms with Crippen molar-refractivity contribution in [3.05, 3.63) is 75.3 Å². The van der Waals surface area contributed by atoms with E-state index in [1.165, 1.54) is 15.9 Å². The lowest BCUT2D eigenvalue weighted by atomic mass is 9.95. The normalized spacial score (nSPS) is 13.1. The minimum Gasteiger partial charge on any atom is -0.358 e. The van der Waals surface area contributed by atoms with E-state index in [0.29, 0.717) is 29.3 Å². The number of carbonyl (C=O) groups excluding carboxylic acids is 2. The van der Waals surface area contributed by atoms with Gasteiger partial charge in [0, 0.05) is 23.0 Å². The van der Waals surface area contributed by atoms with E-state index >= 15 is 0 Å². The molecule has 4 aromatic rings. The van der Waals surface area contributed by atoms with E-state index in [-0.39, 0.29) is 11.3 Å². The first-order chi connectivity index (χ1) is 16.1. The van der Waals surface area contributed by atoms with Gasteiger partial charge in [0.1, 0.15) is 0 Å². The highest BCUT2D eigenvalue weighted by atomic mass is 16.2. The Morgan fingerprint density at radius 1 is 0.970 bits per heavy atom. The number of aromatic nitrogens is 3. The van der Waals surface area contributed by atoms with Gasteiger partial charge in [-0.05, 0) is 49.8 Å².